The van der Waals surface area contributed by atoms with Gasteiger partial charge in [-0.15, -0.1) is 10.2 Å². The number of nitrogens with zero attached hydrogens (tertiary/aromatic N) is 4. The van der Waals surface area contributed by atoms with E-state index in [-0.39, 0.29) is 0 Å². The lowest BCUT2D eigenvalue weighted by Crippen LogP contribution is -1.85. The van der Waals surface area contributed by atoms with Crippen molar-refractivity contribution in [2.75, 3.05) is 5.73 Å². The molecule has 0 aliphatic rings. The highest BCUT2D eigenvalue weighted by Crippen LogP contribution is 2.25. The van der Waals surface area contributed by atoms with Crippen LogP contribution in [-0.4, -0.2) is 0 Å². The van der Waals surface area contributed by atoms with Crippen molar-refractivity contribution in [1.82, 2.24) is 0 Å². The van der Waals surface area contributed by atoms with Crippen LogP contribution in [0.2, 0.25) is 0 Å². The van der Waals surface area contributed by atoms with E-state index in [0.717, 1.165) is 0 Å². The van der Waals surface area contributed by atoms with Crippen LogP contribution in [0.25, 0.3) is 0 Å². The third kappa shape index (κ3) is 2.74. The van der Waals surface area contributed by atoms with E-state index < -0.39 is 0 Å². The van der Waals surface area contributed by atoms with Crippen LogP contribution < -0.4 is 5.73 Å². The second kappa shape index (κ2) is 5.44. The summed E-state index contributed by atoms with van der Waals surface area (Å²) < 4.78 is 0. The van der Waals surface area contributed by atoms with E-state index >= 15 is 0 Å². The highest BCUT2D eigenvalue weighted by atomic mass is 15.1. The van der Waals surface area contributed by atoms with Gasteiger partial charge in [0.2, 0.25) is 0 Å². The summed E-state index contributed by atoms with van der Waals surface area (Å²) in [5.74, 6) is 0. The van der Waals surface area contributed by atoms with Gasteiger partial charge in [0.25, 0.3) is 0 Å². The zero-order valence-corrected chi connectivity index (χ0v) is 9.91. The predicted octanol–water partition coefficient (Wildman–Crippen LogP) is 3.43. The molecule has 90 valence electrons. The van der Waals surface area contributed by atoms with Gasteiger partial charge < -0.3 is 5.73 Å². The Bertz CT molecular complexity index is 719. The van der Waals surface area contributed by atoms with E-state index in [1.807, 2.05) is 12.1 Å². The van der Waals surface area contributed by atoms with Crippen molar-refractivity contribution in [3.05, 3.63) is 53.6 Å². The van der Waals surface area contributed by atoms with Gasteiger partial charge in [0, 0.05) is 5.69 Å². The van der Waals surface area contributed by atoms with E-state index in [1.54, 1.807) is 36.4 Å². The van der Waals surface area contributed by atoms with Gasteiger partial charge >= 0.3 is 0 Å². The predicted molar refractivity (Wildman–Crippen MR) is 70.9 cm³/mol. The van der Waals surface area contributed by atoms with Crippen LogP contribution in [0, 0.1) is 22.7 Å². The lowest BCUT2D eigenvalue weighted by Gasteiger charge is -1.99. The molecule has 2 aromatic rings. The Morgan fingerprint density at radius 3 is 2.16 bits per heavy atom. The van der Waals surface area contributed by atoms with E-state index in [2.05, 4.69) is 10.2 Å². The highest BCUT2D eigenvalue weighted by Gasteiger charge is 2.02. The summed E-state index contributed by atoms with van der Waals surface area (Å²) >= 11 is 0. The lowest BCUT2D eigenvalue weighted by molar-refractivity contribution is 1.21. The fraction of sp³-hybridized carbons (Fsp3) is 0. The smallest absolute Gasteiger partial charge is 0.104 e. The molecule has 5 heteroatoms. The standard InChI is InChI=1S/C14H9N5/c15-8-10-3-1-2-4-13(10)18-19-14-6-5-12(17)7-11(14)9-16/h1-7H,17H2/b19-18+. The summed E-state index contributed by atoms with van der Waals surface area (Å²) in [4.78, 5) is 0. The van der Waals surface area contributed by atoms with Crippen LogP contribution in [-0.2, 0) is 0 Å². The molecule has 0 aliphatic heterocycles. The third-order valence-electron chi connectivity index (χ3n) is 2.43. The van der Waals surface area contributed by atoms with Crippen LogP contribution in [0.15, 0.2) is 52.7 Å². The first-order valence-corrected chi connectivity index (χ1v) is 5.45. The van der Waals surface area contributed by atoms with Gasteiger partial charge in [0.1, 0.15) is 23.5 Å². The first-order valence-electron chi connectivity index (χ1n) is 5.45. The molecule has 0 spiro atoms. The molecule has 0 aromatic heterocycles. The van der Waals surface area contributed by atoms with E-state index in [4.69, 9.17) is 16.3 Å². The van der Waals surface area contributed by atoms with Gasteiger partial charge in [-0.2, -0.15) is 10.5 Å². The molecule has 0 atom stereocenters. The first kappa shape index (κ1) is 12.3. The van der Waals surface area contributed by atoms with Gasteiger partial charge in [-0.1, -0.05) is 12.1 Å². The van der Waals surface area contributed by atoms with Crippen LogP contribution in [0.3, 0.4) is 0 Å². The Kier molecular flexibility index (Phi) is 3.51. The average Bonchev–Trinajstić information content (AvgIpc) is 2.46. The second-order valence-corrected chi connectivity index (χ2v) is 3.72. The molecule has 0 heterocycles. The largest absolute Gasteiger partial charge is 0.399 e. The molecule has 0 saturated carbocycles. The maximum atomic E-state index is 8.98. The number of azo groups is 1. The van der Waals surface area contributed by atoms with Crippen LogP contribution in [0.4, 0.5) is 17.1 Å². The zero-order chi connectivity index (χ0) is 13.7. The number of nitrogens with two attached hydrogens (primary N) is 1. The van der Waals surface area contributed by atoms with Crippen molar-refractivity contribution >= 4 is 17.1 Å². The summed E-state index contributed by atoms with van der Waals surface area (Å²) in [5.41, 5.74) is 7.74. The molecule has 2 rings (SSSR count). The second-order valence-electron chi connectivity index (χ2n) is 3.72. The van der Waals surface area contributed by atoms with E-state index in [9.17, 15) is 0 Å². The third-order valence-corrected chi connectivity index (χ3v) is 2.43. The summed E-state index contributed by atoms with van der Waals surface area (Å²) in [6.45, 7) is 0. The van der Waals surface area contributed by atoms with Gasteiger partial charge in [-0.3, -0.25) is 0 Å². The highest BCUT2D eigenvalue weighted by molar-refractivity contribution is 5.60. The Labute approximate surface area is 110 Å². The average molecular weight is 247 g/mol. The quantitative estimate of drug-likeness (QED) is 0.650. The first-order chi connectivity index (χ1) is 9.24. The van der Waals surface area contributed by atoms with Crippen molar-refractivity contribution in [3.8, 4) is 12.1 Å². The van der Waals surface area contributed by atoms with Crippen LogP contribution in [0.5, 0.6) is 0 Å². The summed E-state index contributed by atoms with van der Waals surface area (Å²) in [6.07, 6.45) is 0. The number of anilines is 1. The lowest BCUT2D eigenvalue weighted by atomic mass is 10.2. The maximum absolute atomic E-state index is 8.98. The van der Waals surface area contributed by atoms with E-state index in [1.165, 1.54) is 6.07 Å². The van der Waals surface area contributed by atoms with Crippen molar-refractivity contribution in [3.63, 3.8) is 0 Å². The Morgan fingerprint density at radius 2 is 1.47 bits per heavy atom. The maximum Gasteiger partial charge on any atom is 0.104 e. The Hall–Kier alpha value is -3.18. The minimum Gasteiger partial charge on any atom is -0.399 e. The van der Waals surface area contributed by atoms with Crippen molar-refractivity contribution in [2.24, 2.45) is 10.2 Å². The van der Waals surface area contributed by atoms with Gasteiger partial charge in [-0.25, -0.2) is 0 Å². The topological polar surface area (TPSA) is 98.3 Å². The number of nitriles is 2. The minimum atomic E-state index is 0.346. The fourth-order valence-corrected chi connectivity index (χ4v) is 1.49. The summed E-state index contributed by atoms with van der Waals surface area (Å²) in [5, 5.41) is 25.9. The molecular formula is C14H9N5. The fourth-order valence-electron chi connectivity index (χ4n) is 1.49. The monoisotopic (exact) mass is 247 g/mol. The molecule has 0 bridgehead atoms. The molecule has 5 nitrogen and oxygen atoms in total. The van der Waals surface area contributed by atoms with Crippen molar-refractivity contribution in [2.45, 2.75) is 0 Å². The minimum absolute atomic E-state index is 0.346. The molecule has 0 amide bonds. The van der Waals surface area contributed by atoms with E-state index in [0.29, 0.717) is 28.2 Å². The SMILES string of the molecule is N#Cc1ccccc1/N=N/c1ccc(N)cc1C#N. The van der Waals surface area contributed by atoms with Crippen molar-refractivity contribution in [1.29, 1.82) is 10.5 Å². The van der Waals surface area contributed by atoms with Gasteiger partial charge in [0.15, 0.2) is 0 Å². The Morgan fingerprint density at radius 1 is 0.842 bits per heavy atom. The molecule has 0 saturated heterocycles. The van der Waals surface area contributed by atoms with Crippen LogP contribution >= 0.6 is 0 Å². The molecule has 0 fully saturated rings. The number of benzene rings is 2. The zero-order valence-electron chi connectivity index (χ0n) is 9.91. The molecule has 0 unspecified atom stereocenters. The molecular weight excluding hydrogens is 238 g/mol. The van der Waals surface area contributed by atoms with Crippen LogP contribution in [0.1, 0.15) is 11.1 Å². The Balaban J connectivity index is 2.39. The number of rotatable bonds is 2. The van der Waals surface area contributed by atoms with Gasteiger partial charge in [0.05, 0.1) is 11.1 Å². The number of hydrogen-bond donors (Lipinski definition) is 1. The van der Waals surface area contributed by atoms with Gasteiger partial charge in [-0.05, 0) is 30.3 Å². The molecule has 2 aromatic carbocycles. The molecule has 0 aliphatic carbocycles. The molecule has 19 heavy (non-hydrogen) atoms. The summed E-state index contributed by atoms with van der Waals surface area (Å²) in [7, 11) is 0. The number of hydrogen-bond acceptors (Lipinski definition) is 5. The van der Waals surface area contributed by atoms with Crippen molar-refractivity contribution < 1.29 is 0 Å². The molecule has 0 radical (unpaired) electrons. The summed E-state index contributed by atoms with van der Waals surface area (Å²) in [6, 6.07) is 15.7. The normalized spacial score (nSPS) is 10.0. The number of nitrogen functional groups attached to an aromatic ring is 1. The molecule has 2 N–H and O–H groups in total.